The smallest absolute Gasteiger partial charge is 0.254 e. The van der Waals surface area contributed by atoms with Crippen LogP contribution in [0.5, 0.6) is 11.5 Å². The van der Waals surface area contributed by atoms with E-state index in [-0.39, 0.29) is 11.7 Å². The Bertz CT molecular complexity index is 1210. The summed E-state index contributed by atoms with van der Waals surface area (Å²) < 4.78 is 7.44. The molecule has 0 aliphatic rings. The van der Waals surface area contributed by atoms with Crippen LogP contribution in [0.4, 0.5) is 0 Å². The highest BCUT2D eigenvalue weighted by atomic mass is 16.5. The van der Waals surface area contributed by atoms with Crippen molar-refractivity contribution in [1.29, 1.82) is 0 Å². The fourth-order valence-electron chi connectivity index (χ4n) is 4.02. The number of phenols is 1. The third kappa shape index (κ3) is 4.26. The minimum atomic E-state index is -0.151. The quantitative estimate of drug-likeness (QED) is 0.452. The van der Waals surface area contributed by atoms with E-state index in [1.165, 1.54) is 0 Å². The Morgan fingerprint density at radius 2 is 1.77 bits per heavy atom. The van der Waals surface area contributed by atoms with Gasteiger partial charge in [0, 0.05) is 29.7 Å². The maximum atomic E-state index is 13.3. The van der Waals surface area contributed by atoms with E-state index in [0.29, 0.717) is 25.1 Å². The van der Waals surface area contributed by atoms with E-state index < -0.39 is 0 Å². The van der Waals surface area contributed by atoms with Gasteiger partial charge in [-0.2, -0.15) is 0 Å². The van der Waals surface area contributed by atoms with Gasteiger partial charge in [-0.1, -0.05) is 49.4 Å². The second kappa shape index (κ2) is 8.96. The number of ether oxygens (including phenoxy) is 1. The number of aromatic hydroxyl groups is 1. The van der Waals surface area contributed by atoms with E-state index in [9.17, 15) is 9.90 Å². The predicted octanol–water partition coefficient (Wildman–Crippen LogP) is 4.90. The molecule has 1 aromatic heterocycles. The fourth-order valence-corrected chi connectivity index (χ4v) is 4.02. The summed E-state index contributed by atoms with van der Waals surface area (Å²) >= 11 is 0. The van der Waals surface area contributed by atoms with Crippen LogP contribution in [0.15, 0.2) is 72.8 Å². The summed E-state index contributed by atoms with van der Waals surface area (Å²) in [7, 11) is 1.62. The first-order chi connectivity index (χ1) is 15.1. The number of hydrogen-bond acceptors (Lipinski definition) is 3. The summed E-state index contributed by atoms with van der Waals surface area (Å²) in [5.74, 6) is 0.751. The van der Waals surface area contributed by atoms with Gasteiger partial charge in [0.25, 0.3) is 5.91 Å². The summed E-state index contributed by atoms with van der Waals surface area (Å²) in [6.07, 6.45) is 0.699. The van der Waals surface area contributed by atoms with E-state index in [1.807, 2.05) is 48.5 Å². The molecule has 3 aromatic carbocycles. The number of amides is 1. The van der Waals surface area contributed by atoms with Crippen molar-refractivity contribution in [3.8, 4) is 11.5 Å². The molecule has 0 saturated heterocycles. The van der Waals surface area contributed by atoms with Crippen LogP contribution in [0.2, 0.25) is 0 Å². The molecule has 4 rings (SSSR count). The van der Waals surface area contributed by atoms with E-state index in [4.69, 9.17) is 4.74 Å². The summed E-state index contributed by atoms with van der Waals surface area (Å²) in [4.78, 5) is 13.3. The molecule has 0 bridgehead atoms. The Hall–Kier alpha value is -3.73. The molecule has 1 amide bonds. The molecule has 5 heteroatoms. The van der Waals surface area contributed by atoms with E-state index in [1.54, 1.807) is 19.2 Å². The molecular formula is C26H26N2O3. The second-order valence-corrected chi connectivity index (χ2v) is 7.48. The van der Waals surface area contributed by atoms with Crippen molar-refractivity contribution in [2.75, 3.05) is 7.11 Å². The van der Waals surface area contributed by atoms with Crippen molar-refractivity contribution in [3.05, 3.63) is 95.2 Å². The first-order valence-corrected chi connectivity index (χ1v) is 10.4. The SMILES string of the molecule is CCc1c(C(=O)NCc2cccc(OC)c2)c2cc(O)ccc2n1Cc1ccccc1. The molecule has 0 aliphatic carbocycles. The molecule has 0 fully saturated rings. The number of fused-ring (bicyclic) bond motifs is 1. The van der Waals surface area contributed by atoms with Crippen molar-refractivity contribution >= 4 is 16.8 Å². The second-order valence-electron chi connectivity index (χ2n) is 7.48. The normalized spacial score (nSPS) is 10.9. The lowest BCUT2D eigenvalue weighted by Gasteiger charge is -2.12. The van der Waals surface area contributed by atoms with Gasteiger partial charge in [0.1, 0.15) is 11.5 Å². The molecule has 5 nitrogen and oxygen atoms in total. The van der Waals surface area contributed by atoms with Gasteiger partial charge in [0.2, 0.25) is 0 Å². The van der Waals surface area contributed by atoms with Gasteiger partial charge in [-0.3, -0.25) is 4.79 Å². The molecule has 0 atom stereocenters. The van der Waals surface area contributed by atoms with Crippen LogP contribution in [0.1, 0.15) is 34.1 Å². The van der Waals surface area contributed by atoms with Crippen molar-refractivity contribution in [2.45, 2.75) is 26.4 Å². The average Bonchev–Trinajstić information content (AvgIpc) is 3.10. The van der Waals surface area contributed by atoms with Crippen molar-refractivity contribution < 1.29 is 14.6 Å². The Kier molecular flexibility index (Phi) is 5.94. The Labute approximate surface area is 181 Å². The number of aromatic nitrogens is 1. The monoisotopic (exact) mass is 414 g/mol. The maximum absolute atomic E-state index is 13.3. The van der Waals surface area contributed by atoms with Gasteiger partial charge >= 0.3 is 0 Å². The molecule has 0 saturated carbocycles. The first-order valence-electron chi connectivity index (χ1n) is 10.4. The molecule has 0 unspecified atom stereocenters. The highest BCUT2D eigenvalue weighted by Gasteiger charge is 2.22. The van der Waals surface area contributed by atoms with Crippen LogP contribution in [0.3, 0.4) is 0 Å². The zero-order valence-corrected chi connectivity index (χ0v) is 17.8. The minimum absolute atomic E-state index is 0.147. The van der Waals surface area contributed by atoms with Crippen molar-refractivity contribution in [3.63, 3.8) is 0 Å². The van der Waals surface area contributed by atoms with Crippen LogP contribution < -0.4 is 10.1 Å². The molecule has 31 heavy (non-hydrogen) atoms. The largest absolute Gasteiger partial charge is 0.508 e. The van der Waals surface area contributed by atoms with E-state index in [2.05, 4.69) is 28.9 Å². The van der Waals surface area contributed by atoms with Crippen LogP contribution in [-0.2, 0) is 19.5 Å². The number of hydrogen-bond donors (Lipinski definition) is 2. The Morgan fingerprint density at radius 1 is 1.00 bits per heavy atom. The third-order valence-corrected chi connectivity index (χ3v) is 5.49. The number of carbonyl (C=O) groups is 1. The summed E-state index contributed by atoms with van der Waals surface area (Å²) in [5.41, 5.74) is 4.62. The molecule has 0 radical (unpaired) electrons. The van der Waals surface area contributed by atoms with E-state index in [0.717, 1.165) is 33.5 Å². The minimum Gasteiger partial charge on any atom is -0.508 e. The maximum Gasteiger partial charge on any atom is 0.254 e. The zero-order valence-electron chi connectivity index (χ0n) is 17.8. The number of phenolic OH excluding ortho intramolecular Hbond substituents is 1. The molecular weight excluding hydrogens is 388 g/mol. The van der Waals surface area contributed by atoms with E-state index >= 15 is 0 Å². The summed E-state index contributed by atoms with van der Waals surface area (Å²) in [5, 5.41) is 13.9. The van der Waals surface area contributed by atoms with Gasteiger partial charge in [-0.25, -0.2) is 0 Å². The topological polar surface area (TPSA) is 63.5 Å². The number of nitrogens with one attached hydrogen (secondary N) is 1. The fraction of sp³-hybridized carbons (Fsp3) is 0.192. The number of carbonyl (C=O) groups excluding carboxylic acids is 1. The lowest BCUT2D eigenvalue weighted by Crippen LogP contribution is -2.24. The lowest BCUT2D eigenvalue weighted by atomic mass is 10.1. The molecule has 0 aliphatic heterocycles. The highest BCUT2D eigenvalue weighted by Crippen LogP contribution is 2.31. The number of methoxy groups -OCH3 is 1. The third-order valence-electron chi connectivity index (χ3n) is 5.49. The van der Waals surface area contributed by atoms with Crippen LogP contribution in [0.25, 0.3) is 10.9 Å². The molecule has 4 aromatic rings. The van der Waals surface area contributed by atoms with Gasteiger partial charge < -0.3 is 19.7 Å². The van der Waals surface area contributed by atoms with Crippen molar-refractivity contribution in [2.24, 2.45) is 0 Å². The van der Waals surface area contributed by atoms with Gasteiger partial charge in [0.05, 0.1) is 12.7 Å². The van der Waals surface area contributed by atoms with Gasteiger partial charge in [-0.05, 0) is 47.9 Å². The highest BCUT2D eigenvalue weighted by molar-refractivity contribution is 6.08. The number of benzene rings is 3. The molecule has 158 valence electrons. The van der Waals surface area contributed by atoms with Crippen LogP contribution >= 0.6 is 0 Å². The van der Waals surface area contributed by atoms with Crippen LogP contribution in [0, 0.1) is 0 Å². The predicted molar refractivity (Wildman–Crippen MR) is 123 cm³/mol. The molecule has 1 heterocycles. The standard InChI is InChI=1S/C26H26N2O3/c1-3-23-25(26(30)27-16-19-10-7-11-21(14-19)31-2)22-15-20(29)12-13-24(22)28(23)17-18-8-5-4-6-9-18/h4-15,29H,3,16-17H2,1-2H3,(H,27,30). The number of nitrogens with zero attached hydrogens (tertiary/aromatic N) is 1. The first kappa shape index (κ1) is 20.5. The lowest BCUT2D eigenvalue weighted by molar-refractivity contribution is 0.0951. The molecule has 0 spiro atoms. The van der Waals surface area contributed by atoms with Crippen molar-refractivity contribution in [1.82, 2.24) is 9.88 Å². The van der Waals surface area contributed by atoms with Gasteiger partial charge in [0.15, 0.2) is 0 Å². The molecule has 2 N–H and O–H groups in total. The van der Waals surface area contributed by atoms with Gasteiger partial charge in [-0.15, -0.1) is 0 Å². The van der Waals surface area contributed by atoms with Crippen LogP contribution in [-0.4, -0.2) is 22.7 Å². The Morgan fingerprint density at radius 3 is 2.52 bits per heavy atom. The average molecular weight is 415 g/mol. The zero-order chi connectivity index (χ0) is 21.8. The number of rotatable bonds is 7. The Balaban J connectivity index is 1.72. The summed E-state index contributed by atoms with van der Waals surface area (Å²) in [6, 6.07) is 23.0. The summed E-state index contributed by atoms with van der Waals surface area (Å²) in [6.45, 7) is 3.10.